The first-order chi connectivity index (χ1) is 27.4. The lowest BCUT2D eigenvalue weighted by atomic mass is 9.73. The molecule has 0 aromatic heterocycles. The molecule has 5 rings (SSSR count). The van der Waals surface area contributed by atoms with E-state index in [1.807, 2.05) is 42.5 Å². The standard InChI is InChI=1S/C47H62O7S2Si/c1-8-9-21-40(44(49)47(55-28-16-29-56-47)31-34(2)26-27-53-32-35-22-24-37(51-6)25-23-35)42-36(30-41(48)43(42)45(50)52-7)33-54-57(46(3,4)5,38-17-12-10-13-18-38)39-19-14-11-15-20-39/h8,10-15,17-20,22-25,34,36,40,42-43H,1,9,16,21,26-33H2,2-7H3/t34-,36-,40?,42+,43-/m1/s1. The van der Waals surface area contributed by atoms with Gasteiger partial charge in [0.15, 0.2) is 5.78 Å². The number of hydrogen-bond donors (Lipinski definition) is 0. The molecule has 1 aliphatic carbocycles. The second-order valence-electron chi connectivity index (χ2n) is 16.6. The van der Waals surface area contributed by atoms with Crippen molar-refractivity contribution in [2.24, 2.45) is 29.6 Å². The molecule has 3 aromatic carbocycles. The van der Waals surface area contributed by atoms with E-state index in [1.54, 1.807) is 30.6 Å². The van der Waals surface area contributed by atoms with Crippen LogP contribution in [-0.2, 0) is 34.9 Å². The molecule has 308 valence electrons. The molecule has 5 atom stereocenters. The van der Waals surface area contributed by atoms with Gasteiger partial charge in [-0.05, 0) is 94.5 Å². The highest BCUT2D eigenvalue weighted by Gasteiger charge is 2.57. The van der Waals surface area contributed by atoms with Gasteiger partial charge in [0.2, 0.25) is 0 Å². The summed E-state index contributed by atoms with van der Waals surface area (Å²) in [5, 5.41) is 2.01. The number of Topliss-reactive ketones (excluding diaryl/α,β-unsaturated/α-hetero) is 2. The van der Waals surface area contributed by atoms with Crippen molar-refractivity contribution >= 4 is 59.8 Å². The van der Waals surface area contributed by atoms with E-state index in [0.717, 1.165) is 46.0 Å². The Morgan fingerprint density at radius 1 is 0.930 bits per heavy atom. The average Bonchev–Trinajstić information content (AvgIpc) is 3.55. The summed E-state index contributed by atoms with van der Waals surface area (Å²) in [4.78, 5) is 43.2. The number of allylic oxidation sites excluding steroid dienone is 1. The number of hydrogen-bond acceptors (Lipinski definition) is 9. The van der Waals surface area contributed by atoms with Gasteiger partial charge in [-0.2, -0.15) is 0 Å². The van der Waals surface area contributed by atoms with Crippen molar-refractivity contribution in [2.45, 2.75) is 81.9 Å². The van der Waals surface area contributed by atoms with Crippen LogP contribution >= 0.6 is 23.5 Å². The Bertz CT molecular complexity index is 1720. The summed E-state index contributed by atoms with van der Waals surface area (Å²) < 4.78 is 23.4. The van der Waals surface area contributed by atoms with E-state index >= 15 is 4.79 Å². The summed E-state index contributed by atoms with van der Waals surface area (Å²) in [6.07, 6.45) is 5.63. The van der Waals surface area contributed by atoms with Crippen molar-refractivity contribution in [3.8, 4) is 5.75 Å². The van der Waals surface area contributed by atoms with Crippen LogP contribution in [0.25, 0.3) is 0 Å². The Morgan fingerprint density at radius 3 is 2.09 bits per heavy atom. The van der Waals surface area contributed by atoms with E-state index in [4.69, 9.17) is 18.6 Å². The smallest absolute Gasteiger partial charge is 0.316 e. The number of ketones is 2. The number of ether oxygens (including phenoxy) is 3. The first-order valence-electron chi connectivity index (χ1n) is 20.4. The predicted octanol–water partition coefficient (Wildman–Crippen LogP) is 8.92. The summed E-state index contributed by atoms with van der Waals surface area (Å²) in [6, 6.07) is 28.8. The van der Waals surface area contributed by atoms with Crippen molar-refractivity contribution in [1.82, 2.24) is 0 Å². The Morgan fingerprint density at radius 2 is 1.54 bits per heavy atom. The van der Waals surface area contributed by atoms with Crippen LogP contribution in [0.5, 0.6) is 5.75 Å². The quantitative estimate of drug-likeness (QED) is 0.0364. The molecule has 3 aromatic rings. The van der Waals surface area contributed by atoms with Crippen molar-refractivity contribution < 1.29 is 33.0 Å². The number of carbonyl (C=O) groups is 3. The molecule has 0 radical (unpaired) electrons. The fourth-order valence-corrected chi connectivity index (χ4v) is 17.2. The number of esters is 1. The van der Waals surface area contributed by atoms with Crippen LogP contribution in [-0.4, -0.2) is 68.9 Å². The molecule has 1 saturated carbocycles. The van der Waals surface area contributed by atoms with Crippen LogP contribution in [0.3, 0.4) is 0 Å². The highest BCUT2D eigenvalue weighted by Crippen LogP contribution is 2.53. The third kappa shape index (κ3) is 10.5. The predicted molar refractivity (Wildman–Crippen MR) is 237 cm³/mol. The first-order valence-corrected chi connectivity index (χ1v) is 24.3. The summed E-state index contributed by atoms with van der Waals surface area (Å²) in [5.41, 5.74) is 1.08. The fraction of sp³-hybridized carbons (Fsp3) is 0.511. The lowest BCUT2D eigenvalue weighted by Crippen LogP contribution is -2.67. The van der Waals surface area contributed by atoms with E-state index in [9.17, 15) is 9.59 Å². The SMILES string of the molecule is C=CCCC(C(=O)C1(C[C@H](C)CCOCc2ccc(OC)cc2)SCCCS1)[C@@H]1[C@@H](CO[Si](c2ccccc2)(c2ccccc2)C(C)(C)C)CC(=O)[C@H]1C(=O)OC. The van der Waals surface area contributed by atoms with Gasteiger partial charge in [0, 0.05) is 25.6 Å². The summed E-state index contributed by atoms with van der Waals surface area (Å²) in [6.45, 7) is 14.3. The van der Waals surface area contributed by atoms with Crippen LogP contribution in [0.4, 0.5) is 0 Å². The highest BCUT2D eigenvalue weighted by molar-refractivity contribution is 8.19. The maximum Gasteiger partial charge on any atom is 0.316 e. The number of benzene rings is 3. The second-order valence-corrected chi connectivity index (χ2v) is 24.0. The number of carbonyl (C=O) groups excluding carboxylic acids is 3. The maximum absolute atomic E-state index is 15.5. The molecule has 57 heavy (non-hydrogen) atoms. The first kappa shape index (κ1) is 44.9. The summed E-state index contributed by atoms with van der Waals surface area (Å²) in [5.74, 6) is -0.281. The van der Waals surface area contributed by atoms with Crippen LogP contribution in [0, 0.1) is 29.6 Å². The normalized spacial score (nSPS) is 20.7. The van der Waals surface area contributed by atoms with Gasteiger partial charge in [-0.1, -0.05) is 107 Å². The number of thioether (sulfide) groups is 2. The summed E-state index contributed by atoms with van der Waals surface area (Å²) in [7, 11) is 0.0176. The zero-order chi connectivity index (χ0) is 41.1. The Labute approximate surface area is 350 Å². The lowest BCUT2D eigenvalue weighted by molar-refractivity contribution is -0.151. The largest absolute Gasteiger partial charge is 0.497 e. The van der Waals surface area contributed by atoms with E-state index in [0.29, 0.717) is 32.5 Å². The molecule has 1 unspecified atom stereocenters. The maximum atomic E-state index is 15.5. The van der Waals surface area contributed by atoms with Gasteiger partial charge < -0.3 is 18.6 Å². The molecule has 2 aliphatic rings. The zero-order valence-electron chi connectivity index (χ0n) is 34.7. The molecule has 0 amide bonds. The fourth-order valence-electron chi connectivity index (χ4n) is 8.92. The van der Waals surface area contributed by atoms with Crippen molar-refractivity contribution in [3.63, 3.8) is 0 Å². The van der Waals surface area contributed by atoms with Gasteiger partial charge in [0.1, 0.15) is 21.5 Å². The van der Waals surface area contributed by atoms with E-state index in [-0.39, 0.29) is 41.5 Å². The number of rotatable bonds is 20. The molecule has 0 bridgehead atoms. The second kappa shape index (κ2) is 20.7. The molecule has 0 spiro atoms. The lowest BCUT2D eigenvalue weighted by Gasteiger charge is -2.45. The van der Waals surface area contributed by atoms with Gasteiger partial charge in [0.05, 0.1) is 20.8 Å². The summed E-state index contributed by atoms with van der Waals surface area (Å²) >= 11 is 3.50. The van der Waals surface area contributed by atoms with Crippen LogP contribution in [0.1, 0.15) is 71.8 Å². The monoisotopic (exact) mass is 830 g/mol. The van der Waals surface area contributed by atoms with E-state index in [2.05, 4.69) is 82.8 Å². The molecule has 2 fully saturated rings. The number of methoxy groups -OCH3 is 2. The Balaban J connectivity index is 1.45. The third-order valence-corrected chi connectivity index (χ3v) is 20.1. The molecule has 0 N–H and O–H groups in total. The molecular weight excluding hydrogens is 769 g/mol. The van der Waals surface area contributed by atoms with E-state index < -0.39 is 36.1 Å². The van der Waals surface area contributed by atoms with Gasteiger partial charge in [0.25, 0.3) is 8.32 Å². The zero-order valence-corrected chi connectivity index (χ0v) is 37.3. The Kier molecular flexibility index (Phi) is 16.3. The molecule has 1 saturated heterocycles. The van der Waals surface area contributed by atoms with Gasteiger partial charge in [-0.25, -0.2) is 0 Å². The van der Waals surface area contributed by atoms with Crippen LogP contribution in [0.2, 0.25) is 5.04 Å². The van der Waals surface area contributed by atoms with Crippen molar-refractivity contribution in [3.05, 3.63) is 103 Å². The van der Waals surface area contributed by atoms with Gasteiger partial charge in [-0.15, -0.1) is 30.1 Å². The molecule has 10 heteroatoms. The van der Waals surface area contributed by atoms with Crippen LogP contribution in [0.15, 0.2) is 97.6 Å². The minimum atomic E-state index is -2.98. The molecule has 7 nitrogen and oxygen atoms in total. The molecular formula is C47H62O7S2Si. The van der Waals surface area contributed by atoms with Crippen LogP contribution < -0.4 is 15.1 Å². The van der Waals surface area contributed by atoms with Gasteiger partial charge >= 0.3 is 5.97 Å². The molecule has 1 aliphatic heterocycles. The van der Waals surface area contributed by atoms with Gasteiger partial charge in [-0.3, -0.25) is 14.4 Å². The molecule has 1 heterocycles. The average molecular weight is 831 g/mol. The van der Waals surface area contributed by atoms with E-state index in [1.165, 1.54) is 7.11 Å². The van der Waals surface area contributed by atoms with Crippen molar-refractivity contribution in [2.75, 3.05) is 38.9 Å². The topological polar surface area (TPSA) is 88.1 Å². The minimum absolute atomic E-state index is 0.133. The van der Waals surface area contributed by atoms with Crippen molar-refractivity contribution in [1.29, 1.82) is 0 Å². The highest BCUT2D eigenvalue weighted by atomic mass is 32.2. The third-order valence-electron chi connectivity index (χ3n) is 11.7. The Hall–Kier alpha value is -3.15. The minimum Gasteiger partial charge on any atom is -0.497 e.